The zero-order valence-corrected chi connectivity index (χ0v) is 15.1. The van der Waals surface area contributed by atoms with Crippen molar-refractivity contribution in [3.63, 3.8) is 0 Å². The van der Waals surface area contributed by atoms with Crippen LogP contribution in [0.1, 0.15) is 18.0 Å². The van der Waals surface area contributed by atoms with Gasteiger partial charge in [0.1, 0.15) is 6.04 Å². The van der Waals surface area contributed by atoms with Gasteiger partial charge in [0, 0.05) is 11.8 Å². The van der Waals surface area contributed by atoms with E-state index in [0.29, 0.717) is 35.2 Å². The van der Waals surface area contributed by atoms with Crippen LogP contribution in [0.5, 0.6) is 11.5 Å². The lowest BCUT2D eigenvalue weighted by molar-refractivity contribution is -0.119. The first-order valence-corrected chi connectivity index (χ1v) is 8.64. The first kappa shape index (κ1) is 17.1. The highest BCUT2D eigenvalue weighted by Gasteiger charge is 2.26. The number of fused-ring (bicyclic) bond motifs is 2. The number of aryl methyl sites for hydroxylation is 1. The SMILES string of the molecule is COc1cc2ncn([C@H]3CCc4ccccc4NC3=O)c(=O)c2cc1OC. The van der Waals surface area contributed by atoms with E-state index in [1.807, 2.05) is 24.3 Å². The molecule has 138 valence electrons. The van der Waals surface area contributed by atoms with Crippen LogP contribution in [0.15, 0.2) is 47.5 Å². The van der Waals surface area contributed by atoms with Crippen molar-refractivity contribution < 1.29 is 14.3 Å². The maximum atomic E-state index is 13.1. The summed E-state index contributed by atoms with van der Waals surface area (Å²) in [6.07, 6.45) is 2.63. The van der Waals surface area contributed by atoms with Gasteiger partial charge in [-0.15, -0.1) is 0 Å². The molecule has 1 aliphatic heterocycles. The Balaban J connectivity index is 1.79. The Morgan fingerprint density at radius 3 is 2.63 bits per heavy atom. The Morgan fingerprint density at radius 1 is 1.11 bits per heavy atom. The largest absolute Gasteiger partial charge is 0.493 e. The van der Waals surface area contributed by atoms with Crippen LogP contribution in [0.3, 0.4) is 0 Å². The van der Waals surface area contributed by atoms with E-state index in [4.69, 9.17) is 9.47 Å². The molecule has 0 spiro atoms. The Bertz CT molecular complexity index is 1090. The molecule has 0 bridgehead atoms. The minimum atomic E-state index is -0.630. The maximum Gasteiger partial charge on any atom is 0.262 e. The molecule has 2 aromatic carbocycles. The van der Waals surface area contributed by atoms with Crippen LogP contribution in [-0.4, -0.2) is 29.7 Å². The molecule has 1 atom stereocenters. The fourth-order valence-corrected chi connectivity index (χ4v) is 3.45. The third kappa shape index (κ3) is 2.91. The van der Waals surface area contributed by atoms with Crippen molar-refractivity contribution >= 4 is 22.5 Å². The number of hydrogen-bond acceptors (Lipinski definition) is 5. The summed E-state index contributed by atoms with van der Waals surface area (Å²) in [6.45, 7) is 0. The molecular weight excluding hydrogens is 346 g/mol. The quantitative estimate of drug-likeness (QED) is 0.771. The van der Waals surface area contributed by atoms with Gasteiger partial charge in [0.2, 0.25) is 5.91 Å². The van der Waals surface area contributed by atoms with E-state index in [0.717, 1.165) is 11.3 Å². The lowest BCUT2D eigenvalue weighted by Crippen LogP contribution is -2.33. The van der Waals surface area contributed by atoms with Gasteiger partial charge in [-0.3, -0.25) is 14.2 Å². The van der Waals surface area contributed by atoms with Crippen molar-refractivity contribution in [3.8, 4) is 11.5 Å². The van der Waals surface area contributed by atoms with Gasteiger partial charge in [0.05, 0.1) is 31.4 Å². The number of amides is 1. The summed E-state index contributed by atoms with van der Waals surface area (Å²) in [5.41, 5.74) is 2.05. The highest BCUT2D eigenvalue weighted by Crippen LogP contribution is 2.31. The van der Waals surface area contributed by atoms with Crippen molar-refractivity contribution in [3.05, 3.63) is 58.6 Å². The normalized spacial score (nSPS) is 16.4. The molecule has 0 aliphatic carbocycles. The molecule has 1 aliphatic rings. The summed E-state index contributed by atoms with van der Waals surface area (Å²) < 4.78 is 11.9. The predicted octanol–water partition coefficient (Wildman–Crippen LogP) is 2.54. The minimum Gasteiger partial charge on any atom is -0.493 e. The van der Waals surface area contributed by atoms with Crippen molar-refractivity contribution in [2.75, 3.05) is 19.5 Å². The molecule has 27 heavy (non-hydrogen) atoms. The molecule has 3 aromatic rings. The average Bonchev–Trinajstić information content (AvgIpc) is 2.86. The lowest BCUT2D eigenvalue weighted by Gasteiger charge is -2.17. The number of hydrogen-bond donors (Lipinski definition) is 1. The summed E-state index contributed by atoms with van der Waals surface area (Å²) in [6, 6.07) is 10.3. The molecule has 0 saturated carbocycles. The standard InChI is InChI=1S/C20H19N3O4/c1-26-17-9-13-15(10-18(17)27-2)21-11-23(20(13)25)16-8-7-12-5-3-4-6-14(12)22-19(16)24/h3-6,9-11,16H,7-8H2,1-2H3,(H,22,24)/t16-/m0/s1. The van der Waals surface area contributed by atoms with Gasteiger partial charge < -0.3 is 14.8 Å². The van der Waals surface area contributed by atoms with E-state index < -0.39 is 6.04 Å². The van der Waals surface area contributed by atoms with Crippen LogP contribution in [0.25, 0.3) is 10.9 Å². The number of nitrogens with zero attached hydrogens (tertiary/aromatic N) is 2. The smallest absolute Gasteiger partial charge is 0.262 e. The molecule has 0 radical (unpaired) electrons. The third-order valence-corrected chi connectivity index (χ3v) is 4.89. The third-order valence-electron chi connectivity index (χ3n) is 4.89. The molecule has 7 heteroatoms. The van der Waals surface area contributed by atoms with Crippen LogP contribution in [0.4, 0.5) is 5.69 Å². The number of rotatable bonds is 3. The number of methoxy groups -OCH3 is 2. The Hall–Kier alpha value is -3.35. The van der Waals surface area contributed by atoms with Gasteiger partial charge in [-0.05, 0) is 30.5 Å². The van der Waals surface area contributed by atoms with E-state index in [1.165, 1.54) is 25.1 Å². The number of nitrogens with one attached hydrogen (secondary N) is 1. The molecule has 0 fully saturated rings. The number of anilines is 1. The van der Waals surface area contributed by atoms with Gasteiger partial charge in [-0.2, -0.15) is 0 Å². The Morgan fingerprint density at radius 2 is 1.85 bits per heavy atom. The highest BCUT2D eigenvalue weighted by atomic mass is 16.5. The van der Waals surface area contributed by atoms with Crippen LogP contribution in [0.2, 0.25) is 0 Å². The van der Waals surface area contributed by atoms with Gasteiger partial charge in [-0.25, -0.2) is 4.98 Å². The molecule has 0 saturated heterocycles. The number of carbonyl (C=O) groups excluding carboxylic acids is 1. The fourth-order valence-electron chi connectivity index (χ4n) is 3.45. The van der Waals surface area contributed by atoms with Crippen molar-refractivity contribution in [2.45, 2.75) is 18.9 Å². The van der Waals surface area contributed by atoms with Crippen LogP contribution < -0.4 is 20.3 Å². The number of aromatic nitrogens is 2. The fraction of sp³-hybridized carbons (Fsp3) is 0.250. The molecule has 4 rings (SSSR count). The maximum absolute atomic E-state index is 13.1. The Kier molecular flexibility index (Phi) is 4.27. The Labute approximate surface area is 155 Å². The molecule has 7 nitrogen and oxygen atoms in total. The van der Waals surface area contributed by atoms with Crippen LogP contribution in [0, 0.1) is 0 Å². The molecule has 0 unspecified atom stereocenters. The van der Waals surface area contributed by atoms with E-state index in [9.17, 15) is 9.59 Å². The van der Waals surface area contributed by atoms with E-state index >= 15 is 0 Å². The molecule has 1 N–H and O–H groups in total. The van der Waals surface area contributed by atoms with Crippen LogP contribution >= 0.6 is 0 Å². The molecule has 1 aromatic heterocycles. The number of benzene rings is 2. The predicted molar refractivity (Wildman–Crippen MR) is 102 cm³/mol. The van der Waals surface area contributed by atoms with E-state index in [2.05, 4.69) is 10.3 Å². The van der Waals surface area contributed by atoms with Gasteiger partial charge >= 0.3 is 0 Å². The summed E-state index contributed by atoms with van der Waals surface area (Å²) in [5, 5.41) is 3.30. The summed E-state index contributed by atoms with van der Waals surface area (Å²) in [4.78, 5) is 30.2. The molecule has 1 amide bonds. The second-order valence-electron chi connectivity index (χ2n) is 6.38. The van der Waals surface area contributed by atoms with Crippen molar-refractivity contribution in [1.29, 1.82) is 0 Å². The number of ether oxygens (including phenoxy) is 2. The first-order valence-electron chi connectivity index (χ1n) is 8.64. The van der Waals surface area contributed by atoms with Gasteiger partial charge in [-0.1, -0.05) is 18.2 Å². The minimum absolute atomic E-state index is 0.219. The van der Waals surface area contributed by atoms with E-state index in [-0.39, 0.29) is 11.5 Å². The monoisotopic (exact) mass is 365 g/mol. The van der Waals surface area contributed by atoms with Crippen LogP contribution in [-0.2, 0) is 11.2 Å². The van der Waals surface area contributed by atoms with Crippen molar-refractivity contribution in [2.24, 2.45) is 0 Å². The highest BCUT2D eigenvalue weighted by molar-refractivity contribution is 5.95. The number of carbonyl (C=O) groups is 1. The lowest BCUT2D eigenvalue weighted by atomic mass is 10.1. The zero-order valence-electron chi connectivity index (χ0n) is 15.1. The average molecular weight is 365 g/mol. The second-order valence-corrected chi connectivity index (χ2v) is 6.38. The first-order chi connectivity index (χ1) is 13.1. The zero-order chi connectivity index (χ0) is 19.0. The summed E-state index contributed by atoms with van der Waals surface area (Å²) in [7, 11) is 3.03. The van der Waals surface area contributed by atoms with E-state index in [1.54, 1.807) is 12.1 Å². The summed E-state index contributed by atoms with van der Waals surface area (Å²) >= 11 is 0. The second kappa shape index (κ2) is 6.75. The topological polar surface area (TPSA) is 82.5 Å². The summed E-state index contributed by atoms with van der Waals surface area (Å²) in [5.74, 6) is 0.723. The number of para-hydroxylation sites is 1. The van der Waals surface area contributed by atoms with Gasteiger partial charge in [0.15, 0.2) is 11.5 Å². The van der Waals surface area contributed by atoms with Crippen molar-refractivity contribution in [1.82, 2.24) is 9.55 Å². The molecular formula is C20H19N3O4. The molecule has 2 heterocycles. The van der Waals surface area contributed by atoms with Gasteiger partial charge in [0.25, 0.3) is 5.56 Å².